The molecule has 0 saturated carbocycles. The molecule has 1 aliphatic heterocycles. The Hall–Kier alpha value is -1.43. The van der Waals surface area contributed by atoms with E-state index in [0.717, 1.165) is 31.8 Å². The third-order valence-electron chi connectivity index (χ3n) is 3.44. The average molecular weight is 253 g/mol. The van der Waals surface area contributed by atoms with Crippen LogP contribution in [0.3, 0.4) is 0 Å². The fourth-order valence-electron chi connectivity index (χ4n) is 2.23. The van der Waals surface area contributed by atoms with E-state index in [1.54, 1.807) is 6.92 Å². The predicted molar refractivity (Wildman–Crippen MR) is 64.4 cm³/mol. The maximum absolute atomic E-state index is 10.6. The minimum absolute atomic E-state index is 0.0229. The first-order chi connectivity index (χ1) is 8.56. The number of nitrogens with zero attached hydrogens (tertiary/aromatic N) is 3. The number of hydrogen-bond acceptors (Lipinski definition) is 5. The summed E-state index contributed by atoms with van der Waals surface area (Å²) in [5.74, 6) is 0.439. The van der Waals surface area contributed by atoms with Crippen LogP contribution in [-0.4, -0.2) is 46.3 Å². The molecule has 1 saturated heterocycles. The van der Waals surface area contributed by atoms with Crippen LogP contribution in [0.1, 0.15) is 49.7 Å². The smallest absolute Gasteiger partial charge is 0.304 e. The minimum Gasteiger partial charge on any atom is -0.481 e. The van der Waals surface area contributed by atoms with E-state index in [9.17, 15) is 4.79 Å². The molecule has 18 heavy (non-hydrogen) atoms. The molecule has 0 aromatic carbocycles. The predicted octanol–water partition coefficient (Wildman–Crippen LogP) is 1.46. The number of hydrogen-bond donors (Lipinski definition) is 1. The van der Waals surface area contributed by atoms with Gasteiger partial charge in [-0.1, -0.05) is 12.1 Å². The van der Waals surface area contributed by atoms with Crippen LogP contribution in [0.25, 0.3) is 0 Å². The normalized spacial score (nSPS) is 19.9. The van der Waals surface area contributed by atoms with Gasteiger partial charge < -0.3 is 14.5 Å². The Morgan fingerprint density at radius 3 is 2.83 bits per heavy atom. The van der Waals surface area contributed by atoms with E-state index >= 15 is 0 Å². The van der Waals surface area contributed by atoms with Gasteiger partial charge in [0.1, 0.15) is 0 Å². The Balaban J connectivity index is 1.99. The summed E-state index contributed by atoms with van der Waals surface area (Å²) in [6, 6.07) is 0. The highest BCUT2D eigenvalue weighted by molar-refractivity contribution is 5.67. The highest BCUT2D eigenvalue weighted by atomic mass is 16.5. The fourth-order valence-corrected chi connectivity index (χ4v) is 2.23. The maximum atomic E-state index is 10.6. The molecule has 0 amide bonds. The first-order valence-electron chi connectivity index (χ1n) is 6.30. The van der Waals surface area contributed by atoms with Gasteiger partial charge in [-0.25, -0.2) is 0 Å². The Morgan fingerprint density at radius 2 is 2.22 bits per heavy atom. The van der Waals surface area contributed by atoms with Crippen LogP contribution in [0.5, 0.6) is 0 Å². The van der Waals surface area contributed by atoms with Gasteiger partial charge in [0.05, 0.1) is 6.42 Å². The van der Waals surface area contributed by atoms with Crippen molar-refractivity contribution in [3.63, 3.8) is 0 Å². The van der Waals surface area contributed by atoms with Crippen molar-refractivity contribution < 1.29 is 14.4 Å². The molecule has 1 aliphatic rings. The maximum Gasteiger partial charge on any atom is 0.304 e. The van der Waals surface area contributed by atoms with Gasteiger partial charge >= 0.3 is 5.97 Å². The summed E-state index contributed by atoms with van der Waals surface area (Å²) in [5.41, 5.74) is 0. The molecule has 0 spiro atoms. The molecular formula is C12H19N3O3. The molecule has 1 fully saturated rings. The van der Waals surface area contributed by atoms with Crippen molar-refractivity contribution in [2.45, 2.75) is 38.0 Å². The SMILES string of the molecule is CC(CC(=O)O)c1nc(C2CCN(C)CC2)no1. The standard InChI is InChI=1S/C12H19N3O3/c1-8(7-10(16)17)12-13-11(14-18-12)9-3-5-15(2)6-4-9/h8-9H,3-7H2,1-2H3,(H,16,17). The first kappa shape index (κ1) is 13.0. The number of carboxylic acids is 1. The van der Waals surface area contributed by atoms with Gasteiger partial charge in [0.15, 0.2) is 5.82 Å². The van der Waals surface area contributed by atoms with Crippen molar-refractivity contribution in [1.29, 1.82) is 0 Å². The number of carbonyl (C=O) groups is 1. The van der Waals surface area contributed by atoms with Crippen molar-refractivity contribution in [3.05, 3.63) is 11.7 Å². The van der Waals surface area contributed by atoms with E-state index in [1.165, 1.54) is 0 Å². The van der Waals surface area contributed by atoms with E-state index < -0.39 is 5.97 Å². The number of aromatic nitrogens is 2. The summed E-state index contributed by atoms with van der Waals surface area (Å²) in [4.78, 5) is 17.3. The Morgan fingerprint density at radius 1 is 1.56 bits per heavy atom. The Bertz CT molecular complexity index is 410. The van der Waals surface area contributed by atoms with Crippen molar-refractivity contribution in [1.82, 2.24) is 15.0 Å². The lowest BCUT2D eigenvalue weighted by Gasteiger charge is -2.26. The van der Waals surface area contributed by atoms with Crippen molar-refractivity contribution >= 4 is 5.97 Å². The number of aliphatic carboxylic acids is 1. The molecule has 2 rings (SSSR count). The molecule has 6 heteroatoms. The van der Waals surface area contributed by atoms with Gasteiger partial charge in [-0.3, -0.25) is 4.79 Å². The van der Waals surface area contributed by atoms with E-state index in [4.69, 9.17) is 9.63 Å². The van der Waals surface area contributed by atoms with E-state index in [1.807, 2.05) is 0 Å². The molecule has 0 bridgehead atoms. The van der Waals surface area contributed by atoms with Crippen LogP contribution in [0.15, 0.2) is 4.52 Å². The molecule has 0 radical (unpaired) electrons. The lowest BCUT2D eigenvalue weighted by molar-refractivity contribution is -0.137. The van der Waals surface area contributed by atoms with Gasteiger partial charge in [-0.2, -0.15) is 4.98 Å². The minimum atomic E-state index is -0.846. The summed E-state index contributed by atoms with van der Waals surface area (Å²) in [7, 11) is 2.10. The van der Waals surface area contributed by atoms with Crippen LogP contribution in [0.2, 0.25) is 0 Å². The summed E-state index contributed by atoms with van der Waals surface area (Å²) < 4.78 is 5.17. The van der Waals surface area contributed by atoms with Gasteiger partial charge in [0.25, 0.3) is 0 Å². The molecule has 100 valence electrons. The van der Waals surface area contributed by atoms with Crippen molar-refractivity contribution in [2.24, 2.45) is 0 Å². The number of piperidine rings is 1. The topological polar surface area (TPSA) is 79.5 Å². The van der Waals surface area contributed by atoms with Crippen LogP contribution in [0, 0.1) is 0 Å². The largest absolute Gasteiger partial charge is 0.481 e. The van der Waals surface area contributed by atoms with E-state index in [2.05, 4.69) is 22.1 Å². The Kier molecular flexibility index (Phi) is 3.96. The molecule has 1 aromatic heterocycles. The zero-order chi connectivity index (χ0) is 13.1. The fraction of sp³-hybridized carbons (Fsp3) is 0.750. The summed E-state index contributed by atoms with van der Waals surface area (Å²) in [5, 5.41) is 12.7. The molecule has 1 aromatic rings. The number of rotatable bonds is 4. The van der Waals surface area contributed by atoms with Gasteiger partial charge in [0, 0.05) is 11.8 Å². The van der Waals surface area contributed by atoms with Crippen molar-refractivity contribution in [3.8, 4) is 0 Å². The number of carboxylic acid groups (broad SMARTS) is 1. The van der Waals surface area contributed by atoms with Gasteiger partial charge in [0.2, 0.25) is 5.89 Å². The molecule has 1 N–H and O–H groups in total. The quantitative estimate of drug-likeness (QED) is 0.875. The van der Waals surface area contributed by atoms with Crippen LogP contribution >= 0.6 is 0 Å². The zero-order valence-corrected chi connectivity index (χ0v) is 10.8. The lowest BCUT2D eigenvalue weighted by atomic mass is 9.96. The second kappa shape index (κ2) is 5.48. The third-order valence-corrected chi connectivity index (χ3v) is 3.44. The van der Waals surface area contributed by atoms with E-state index in [0.29, 0.717) is 11.8 Å². The molecule has 2 heterocycles. The lowest BCUT2D eigenvalue weighted by Crippen LogP contribution is -2.29. The van der Waals surface area contributed by atoms with Crippen molar-refractivity contribution in [2.75, 3.05) is 20.1 Å². The monoisotopic (exact) mass is 253 g/mol. The summed E-state index contributed by atoms with van der Waals surface area (Å²) >= 11 is 0. The highest BCUT2D eigenvalue weighted by Gasteiger charge is 2.24. The van der Waals surface area contributed by atoms with Crippen LogP contribution in [0.4, 0.5) is 0 Å². The highest BCUT2D eigenvalue weighted by Crippen LogP contribution is 2.27. The summed E-state index contributed by atoms with van der Waals surface area (Å²) in [6.07, 6.45) is 2.08. The first-order valence-corrected chi connectivity index (χ1v) is 6.30. The molecule has 6 nitrogen and oxygen atoms in total. The van der Waals surface area contributed by atoms with Gasteiger partial charge in [-0.15, -0.1) is 0 Å². The number of likely N-dealkylation sites (tertiary alicyclic amines) is 1. The molecule has 1 atom stereocenters. The average Bonchev–Trinajstić information content (AvgIpc) is 2.78. The van der Waals surface area contributed by atoms with Crippen LogP contribution < -0.4 is 0 Å². The zero-order valence-electron chi connectivity index (χ0n) is 10.8. The molecular weight excluding hydrogens is 234 g/mol. The second-order valence-electron chi connectivity index (χ2n) is 5.07. The summed E-state index contributed by atoms with van der Waals surface area (Å²) in [6.45, 7) is 3.87. The van der Waals surface area contributed by atoms with Gasteiger partial charge in [-0.05, 0) is 33.0 Å². The molecule has 1 unspecified atom stereocenters. The Labute approximate surface area is 106 Å². The van der Waals surface area contributed by atoms with Crippen LogP contribution in [-0.2, 0) is 4.79 Å². The van der Waals surface area contributed by atoms with E-state index in [-0.39, 0.29) is 12.3 Å². The second-order valence-corrected chi connectivity index (χ2v) is 5.07. The molecule has 0 aliphatic carbocycles. The third kappa shape index (κ3) is 3.07.